The maximum Gasteiger partial charge on any atom is 0.417 e. The van der Waals surface area contributed by atoms with Crippen LogP contribution in [0, 0.1) is 11.7 Å². The number of benzene rings is 1. The molecule has 1 fully saturated rings. The number of pyridine rings is 1. The van der Waals surface area contributed by atoms with Gasteiger partial charge in [0.25, 0.3) is 5.56 Å². The fraction of sp³-hybridized carbons (Fsp3) is 0.250. The van der Waals surface area contributed by atoms with Crippen LogP contribution in [0.4, 0.5) is 23.2 Å². The van der Waals surface area contributed by atoms with Gasteiger partial charge in [0.05, 0.1) is 5.56 Å². The predicted molar refractivity (Wildman–Crippen MR) is 77.9 cm³/mol. The van der Waals surface area contributed by atoms with Crippen LogP contribution in [0.5, 0.6) is 0 Å². The summed E-state index contributed by atoms with van der Waals surface area (Å²) in [6.07, 6.45) is -3.58. The molecule has 2 atom stereocenters. The van der Waals surface area contributed by atoms with Gasteiger partial charge in [-0.05, 0) is 36.1 Å². The van der Waals surface area contributed by atoms with Crippen molar-refractivity contribution in [1.29, 1.82) is 0 Å². The van der Waals surface area contributed by atoms with E-state index in [1.807, 2.05) is 4.98 Å². The first-order valence-electron chi connectivity index (χ1n) is 7.12. The van der Waals surface area contributed by atoms with Crippen LogP contribution in [-0.2, 0) is 11.0 Å². The number of nitrogens with one attached hydrogen (secondary N) is 2. The van der Waals surface area contributed by atoms with Crippen molar-refractivity contribution in [2.75, 3.05) is 5.32 Å². The highest BCUT2D eigenvalue weighted by molar-refractivity contribution is 5.95. The third-order valence-corrected chi connectivity index (χ3v) is 3.91. The SMILES string of the molecule is O=C(Nc1cc(C(F)(F)F)c[nH]c1=O)[C@H]1C[C@@H]1c1ccc(F)cc1. The standard InChI is InChI=1S/C16H12F4N2O2/c17-10-3-1-8(2-4-10)11-6-12(11)14(23)22-13-5-9(16(18,19)20)7-21-15(13)24/h1-5,7,11-12H,6H2,(H,21,24)(H,22,23)/t11-,12+/m1/s1. The van der Waals surface area contributed by atoms with Crippen molar-refractivity contribution in [3.63, 3.8) is 0 Å². The summed E-state index contributed by atoms with van der Waals surface area (Å²) in [5, 5.41) is 2.24. The highest BCUT2D eigenvalue weighted by Gasteiger charge is 2.44. The molecule has 126 valence electrons. The molecular formula is C16H12F4N2O2. The first kappa shape index (κ1) is 16.2. The van der Waals surface area contributed by atoms with E-state index in [2.05, 4.69) is 5.32 Å². The lowest BCUT2D eigenvalue weighted by atomic mass is 10.1. The highest BCUT2D eigenvalue weighted by Crippen LogP contribution is 2.47. The predicted octanol–water partition coefficient (Wildman–Crippen LogP) is 3.28. The van der Waals surface area contributed by atoms with E-state index in [4.69, 9.17) is 0 Å². The number of aromatic nitrogens is 1. The number of hydrogen-bond acceptors (Lipinski definition) is 2. The molecule has 0 radical (unpaired) electrons. The van der Waals surface area contributed by atoms with Gasteiger partial charge in [0, 0.05) is 12.1 Å². The minimum Gasteiger partial charge on any atom is -0.327 e. The van der Waals surface area contributed by atoms with Crippen molar-refractivity contribution >= 4 is 11.6 Å². The lowest BCUT2D eigenvalue weighted by Gasteiger charge is -2.09. The zero-order valence-electron chi connectivity index (χ0n) is 12.2. The maximum absolute atomic E-state index is 12.9. The molecule has 1 amide bonds. The fourth-order valence-electron chi connectivity index (χ4n) is 2.53. The van der Waals surface area contributed by atoms with Crippen LogP contribution in [0.3, 0.4) is 0 Å². The average Bonchev–Trinajstić information content (AvgIpc) is 3.29. The van der Waals surface area contributed by atoms with Crippen LogP contribution >= 0.6 is 0 Å². The van der Waals surface area contributed by atoms with Crippen molar-refractivity contribution in [2.24, 2.45) is 5.92 Å². The van der Waals surface area contributed by atoms with Crippen LogP contribution < -0.4 is 10.9 Å². The van der Waals surface area contributed by atoms with E-state index in [1.54, 1.807) is 12.1 Å². The van der Waals surface area contributed by atoms with E-state index in [9.17, 15) is 27.2 Å². The topological polar surface area (TPSA) is 62.0 Å². The summed E-state index contributed by atoms with van der Waals surface area (Å²) in [4.78, 5) is 25.7. The Morgan fingerprint density at radius 3 is 2.50 bits per heavy atom. The van der Waals surface area contributed by atoms with E-state index in [0.29, 0.717) is 18.7 Å². The Morgan fingerprint density at radius 2 is 1.88 bits per heavy atom. The Balaban J connectivity index is 1.72. The number of amides is 1. The number of rotatable bonds is 3. The molecule has 1 saturated carbocycles. The smallest absolute Gasteiger partial charge is 0.327 e. The summed E-state index contributed by atoms with van der Waals surface area (Å²) in [5.74, 6) is -1.51. The van der Waals surface area contributed by atoms with Gasteiger partial charge in [-0.3, -0.25) is 9.59 Å². The number of carbonyl (C=O) groups is 1. The summed E-state index contributed by atoms with van der Waals surface area (Å²) in [6.45, 7) is 0. The largest absolute Gasteiger partial charge is 0.417 e. The first-order chi connectivity index (χ1) is 11.3. The summed E-state index contributed by atoms with van der Waals surface area (Å²) < 4.78 is 50.9. The van der Waals surface area contributed by atoms with Crippen LogP contribution in [-0.4, -0.2) is 10.9 Å². The second-order valence-electron chi connectivity index (χ2n) is 5.62. The molecule has 0 bridgehead atoms. The molecule has 1 aromatic carbocycles. The molecule has 3 rings (SSSR count). The van der Waals surface area contributed by atoms with Gasteiger partial charge in [-0.25, -0.2) is 4.39 Å². The Hall–Kier alpha value is -2.64. The molecule has 0 saturated heterocycles. The first-order valence-corrected chi connectivity index (χ1v) is 7.12. The van der Waals surface area contributed by atoms with Gasteiger partial charge in [0.2, 0.25) is 5.91 Å². The summed E-state index contributed by atoms with van der Waals surface area (Å²) in [6, 6.07) is 6.28. The van der Waals surface area contributed by atoms with Crippen molar-refractivity contribution in [2.45, 2.75) is 18.5 Å². The third kappa shape index (κ3) is 3.32. The Kier molecular flexibility index (Phi) is 3.90. The molecule has 1 aliphatic rings. The Bertz CT molecular complexity index is 827. The molecule has 0 aliphatic heterocycles. The van der Waals surface area contributed by atoms with Gasteiger partial charge in [-0.2, -0.15) is 13.2 Å². The zero-order chi connectivity index (χ0) is 17.5. The molecule has 0 unspecified atom stereocenters. The van der Waals surface area contributed by atoms with Gasteiger partial charge in [-0.1, -0.05) is 12.1 Å². The number of alkyl halides is 3. The van der Waals surface area contributed by atoms with Crippen molar-refractivity contribution in [3.05, 3.63) is 63.8 Å². The number of hydrogen-bond donors (Lipinski definition) is 2. The Morgan fingerprint density at radius 1 is 1.21 bits per heavy atom. The van der Waals surface area contributed by atoms with Crippen LogP contribution in [0.1, 0.15) is 23.5 Å². The van der Waals surface area contributed by atoms with Gasteiger partial charge in [0.15, 0.2) is 0 Å². The molecule has 2 N–H and O–H groups in total. The lowest BCUT2D eigenvalue weighted by molar-refractivity contribution is -0.137. The number of halogens is 4. The summed E-state index contributed by atoms with van der Waals surface area (Å²) in [5.41, 5.74) is -1.53. The number of carbonyl (C=O) groups excluding carboxylic acids is 1. The molecule has 1 heterocycles. The molecule has 24 heavy (non-hydrogen) atoms. The number of aromatic amines is 1. The minimum atomic E-state index is -4.63. The lowest BCUT2D eigenvalue weighted by Crippen LogP contribution is -2.22. The van der Waals surface area contributed by atoms with Crippen molar-refractivity contribution in [1.82, 2.24) is 4.98 Å². The maximum atomic E-state index is 12.9. The molecule has 1 aliphatic carbocycles. The molecule has 4 nitrogen and oxygen atoms in total. The van der Waals surface area contributed by atoms with Gasteiger partial charge in [-0.15, -0.1) is 0 Å². The number of anilines is 1. The molecule has 2 aromatic rings. The van der Waals surface area contributed by atoms with Gasteiger partial charge >= 0.3 is 6.18 Å². The quantitative estimate of drug-likeness (QED) is 0.843. The van der Waals surface area contributed by atoms with E-state index < -0.39 is 40.6 Å². The van der Waals surface area contributed by atoms with E-state index in [-0.39, 0.29) is 5.92 Å². The summed E-state index contributed by atoms with van der Waals surface area (Å²) in [7, 11) is 0. The summed E-state index contributed by atoms with van der Waals surface area (Å²) >= 11 is 0. The molecule has 8 heteroatoms. The van der Waals surface area contributed by atoms with Crippen LogP contribution in [0.15, 0.2) is 41.3 Å². The van der Waals surface area contributed by atoms with Crippen LogP contribution in [0.2, 0.25) is 0 Å². The van der Waals surface area contributed by atoms with E-state index in [0.717, 1.165) is 5.56 Å². The second kappa shape index (κ2) is 5.77. The zero-order valence-corrected chi connectivity index (χ0v) is 12.2. The van der Waals surface area contributed by atoms with Crippen molar-refractivity contribution in [3.8, 4) is 0 Å². The average molecular weight is 340 g/mol. The molecular weight excluding hydrogens is 328 g/mol. The molecule has 0 spiro atoms. The third-order valence-electron chi connectivity index (χ3n) is 3.91. The van der Waals surface area contributed by atoms with Crippen LogP contribution in [0.25, 0.3) is 0 Å². The molecule has 1 aromatic heterocycles. The Labute approximate surface area is 133 Å². The van der Waals surface area contributed by atoms with E-state index >= 15 is 0 Å². The van der Waals surface area contributed by atoms with Gasteiger partial charge < -0.3 is 10.3 Å². The highest BCUT2D eigenvalue weighted by atomic mass is 19.4. The van der Waals surface area contributed by atoms with Gasteiger partial charge in [0.1, 0.15) is 11.5 Å². The normalized spacial score (nSPS) is 19.8. The number of H-pyrrole nitrogens is 1. The monoisotopic (exact) mass is 340 g/mol. The minimum absolute atomic E-state index is 0.129. The fourth-order valence-corrected chi connectivity index (χ4v) is 2.53. The van der Waals surface area contributed by atoms with Crippen molar-refractivity contribution < 1.29 is 22.4 Å². The second-order valence-corrected chi connectivity index (χ2v) is 5.62. The van der Waals surface area contributed by atoms with E-state index in [1.165, 1.54) is 12.1 Å².